The lowest BCUT2D eigenvalue weighted by atomic mass is 10.0. The molecule has 0 unspecified atom stereocenters. The highest BCUT2D eigenvalue weighted by Gasteiger charge is 2.11. The minimum absolute atomic E-state index is 0.148. The Bertz CT molecular complexity index is 389. The molecule has 0 heterocycles. The number of carbonyl (C=O) groups excluding carboxylic acids is 1. The van der Waals surface area contributed by atoms with E-state index in [0.29, 0.717) is 12.5 Å². The van der Waals surface area contributed by atoms with Crippen LogP contribution in [-0.4, -0.2) is 12.5 Å². The summed E-state index contributed by atoms with van der Waals surface area (Å²) in [6.07, 6.45) is 1.96. The van der Waals surface area contributed by atoms with Crippen LogP contribution in [0.25, 0.3) is 0 Å². The largest absolute Gasteiger partial charge is 0.352 e. The monoisotopic (exact) mass is 241 g/mol. The summed E-state index contributed by atoms with van der Waals surface area (Å²) in [5.41, 5.74) is 0.148. The molecule has 1 amide bonds. The molecule has 1 aromatic carbocycles. The molecule has 0 aliphatic carbocycles. The van der Waals surface area contributed by atoms with Crippen LogP contribution in [0.2, 0.25) is 0 Å². The quantitative estimate of drug-likeness (QED) is 0.843. The van der Waals surface area contributed by atoms with E-state index in [1.807, 2.05) is 0 Å². The van der Waals surface area contributed by atoms with Crippen molar-refractivity contribution in [2.45, 2.75) is 26.7 Å². The van der Waals surface area contributed by atoms with Crippen molar-refractivity contribution >= 4 is 5.91 Å². The van der Waals surface area contributed by atoms with Gasteiger partial charge in [0.1, 0.15) is 0 Å². The lowest BCUT2D eigenvalue weighted by molar-refractivity contribution is 0.0946. The van der Waals surface area contributed by atoms with E-state index in [1.54, 1.807) is 0 Å². The molecule has 0 atom stereocenters. The standard InChI is InChI=1S/C13H17F2NO/c1-3-9(4-2)8-16-13(17)10-5-6-11(14)12(15)7-10/h5-7,9H,3-4,8H2,1-2H3,(H,16,17). The van der Waals surface area contributed by atoms with Crippen molar-refractivity contribution in [3.63, 3.8) is 0 Å². The van der Waals surface area contributed by atoms with Crippen LogP contribution >= 0.6 is 0 Å². The third-order valence-corrected chi connectivity index (χ3v) is 2.89. The second-order valence-electron chi connectivity index (χ2n) is 4.02. The number of hydrogen-bond acceptors (Lipinski definition) is 1. The molecular weight excluding hydrogens is 224 g/mol. The fourth-order valence-corrected chi connectivity index (χ4v) is 1.55. The topological polar surface area (TPSA) is 29.1 Å². The Morgan fingerprint density at radius 3 is 2.41 bits per heavy atom. The molecule has 0 aliphatic heterocycles. The molecule has 1 N–H and O–H groups in total. The number of nitrogens with one attached hydrogen (secondary N) is 1. The molecule has 2 nitrogen and oxygen atoms in total. The van der Waals surface area contributed by atoms with Crippen molar-refractivity contribution in [1.82, 2.24) is 5.32 Å². The van der Waals surface area contributed by atoms with Crippen molar-refractivity contribution in [1.29, 1.82) is 0 Å². The van der Waals surface area contributed by atoms with E-state index in [-0.39, 0.29) is 11.5 Å². The highest BCUT2D eigenvalue weighted by atomic mass is 19.2. The third-order valence-electron chi connectivity index (χ3n) is 2.89. The smallest absolute Gasteiger partial charge is 0.251 e. The predicted molar refractivity (Wildman–Crippen MR) is 62.8 cm³/mol. The summed E-state index contributed by atoms with van der Waals surface area (Å²) in [5.74, 6) is -1.89. The Balaban J connectivity index is 2.61. The summed E-state index contributed by atoms with van der Waals surface area (Å²) in [7, 11) is 0. The number of halogens is 2. The third kappa shape index (κ3) is 3.80. The Morgan fingerprint density at radius 1 is 1.24 bits per heavy atom. The fourth-order valence-electron chi connectivity index (χ4n) is 1.55. The van der Waals surface area contributed by atoms with Crippen molar-refractivity contribution < 1.29 is 13.6 Å². The zero-order chi connectivity index (χ0) is 12.8. The van der Waals surface area contributed by atoms with Gasteiger partial charge in [0.15, 0.2) is 11.6 Å². The highest BCUT2D eigenvalue weighted by Crippen LogP contribution is 2.09. The number of amides is 1. The van der Waals surface area contributed by atoms with Gasteiger partial charge in [-0.3, -0.25) is 4.79 Å². The maximum absolute atomic E-state index is 12.9. The summed E-state index contributed by atoms with van der Waals surface area (Å²) < 4.78 is 25.6. The average molecular weight is 241 g/mol. The first-order valence-corrected chi connectivity index (χ1v) is 5.81. The minimum atomic E-state index is -1.000. The van der Waals surface area contributed by atoms with Crippen LogP contribution in [0.5, 0.6) is 0 Å². The van der Waals surface area contributed by atoms with Gasteiger partial charge in [-0.25, -0.2) is 8.78 Å². The molecule has 1 aromatic rings. The molecule has 0 saturated heterocycles. The van der Waals surface area contributed by atoms with Crippen molar-refractivity contribution in [3.05, 3.63) is 35.4 Å². The van der Waals surface area contributed by atoms with E-state index in [9.17, 15) is 13.6 Å². The van der Waals surface area contributed by atoms with Crippen molar-refractivity contribution in [3.8, 4) is 0 Å². The second kappa shape index (κ2) is 6.33. The summed E-state index contributed by atoms with van der Waals surface area (Å²) in [6.45, 7) is 4.67. The second-order valence-corrected chi connectivity index (χ2v) is 4.02. The van der Waals surface area contributed by atoms with Crippen molar-refractivity contribution in [2.75, 3.05) is 6.54 Å². The molecule has 0 bridgehead atoms. The van der Waals surface area contributed by atoms with Crippen molar-refractivity contribution in [2.24, 2.45) is 5.92 Å². The van der Waals surface area contributed by atoms with E-state index >= 15 is 0 Å². The van der Waals surface area contributed by atoms with E-state index in [2.05, 4.69) is 19.2 Å². The highest BCUT2D eigenvalue weighted by molar-refractivity contribution is 5.94. The average Bonchev–Trinajstić information content (AvgIpc) is 2.33. The Hall–Kier alpha value is -1.45. The zero-order valence-corrected chi connectivity index (χ0v) is 10.1. The SMILES string of the molecule is CCC(CC)CNC(=O)c1ccc(F)c(F)c1. The van der Waals surface area contributed by atoms with Gasteiger partial charge < -0.3 is 5.32 Å². The molecule has 0 radical (unpaired) electrons. The summed E-state index contributed by atoms with van der Waals surface area (Å²) in [5, 5.41) is 2.72. The number of hydrogen-bond donors (Lipinski definition) is 1. The first kappa shape index (κ1) is 13.6. The predicted octanol–water partition coefficient (Wildman–Crippen LogP) is 3.13. The number of benzene rings is 1. The Labute approximate surface area is 100 Å². The molecule has 0 saturated carbocycles. The van der Waals surface area contributed by atoms with Crippen LogP contribution < -0.4 is 5.32 Å². The Morgan fingerprint density at radius 2 is 1.88 bits per heavy atom. The molecule has 0 fully saturated rings. The van der Waals surface area contributed by atoms with Gasteiger partial charge in [-0.15, -0.1) is 0 Å². The van der Waals surface area contributed by atoms with Gasteiger partial charge in [0.05, 0.1) is 0 Å². The van der Waals surface area contributed by atoms with E-state index in [0.717, 1.165) is 25.0 Å². The van der Waals surface area contributed by atoms with Crippen LogP contribution in [0.15, 0.2) is 18.2 Å². The lowest BCUT2D eigenvalue weighted by Crippen LogP contribution is -2.29. The van der Waals surface area contributed by atoms with Gasteiger partial charge in [0.25, 0.3) is 5.91 Å². The first-order valence-electron chi connectivity index (χ1n) is 5.81. The summed E-state index contributed by atoms with van der Waals surface area (Å²) in [6, 6.07) is 3.15. The van der Waals surface area contributed by atoms with Crippen LogP contribution in [0, 0.1) is 17.6 Å². The van der Waals surface area contributed by atoms with Gasteiger partial charge in [0, 0.05) is 12.1 Å². The van der Waals surface area contributed by atoms with Crippen LogP contribution in [0.1, 0.15) is 37.0 Å². The normalized spacial score (nSPS) is 10.6. The van der Waals surface area contributed by atoms with Gasteiger partial charge in [-0.1, -0.05) is 26.7 Å². The molecule has 17 heavy (non-hydrogen) atoms. The zero-order valence-electron chi connectivity index (χ0n) is 10.1. The van der Waals surface area contributed by atoms with Crippen LogP contribution in [0.3, 0.4) is 0 Å². The molecule has 4 heteroatoms. The van der Waals surface area contributed by atoms with E-state index in [1.165, 1.54) is 6.07 Å². The first-order chi connectivity index (χ1) is 8.08. The molecule has 0 aliphatic rings. The van der Waals surface area contributed by atoms with Gasteiger partial charge in [-0.2, -0.15) is 0 Å². The Kier molecular flexibility index (Phi) is 5.07. The maximum Gasteiger partial charge on any atom is 0.251 e. The van der Waals surface area contributed by atoms with Gasteiger partial charge >= 0.3 is 0 Å². The van der Waals surface area contributed by atoms with Gasteiger partial charge in [-0.05, 0) is 24.1 Å². The van der Waals surface area contributed by atoms with Gasteiger partial charge in [0.2, 0.25) is 0 Å². The molecule has 0 spiro atoms. The van der Waals surface area contributed by atoms with Crippen LogP contribution in [-0.2, 0) is 0 Å². The maximum atomic E-state index is 12.9. The lowest BCUT2D eigenvalue weighted by Gasteiger charge is -2.13. The summed E-state index contributed by atoms with van der Waals surface area (Å²) >= 11 is 0. The minimum Gasteiger partial charge on any atom is -0.352 e. The van der Waals surface area contributed by atoms with E-state index < -0.39 is 11.6 Å². The van der Waals surface area contributed by atoms with Crippen LogP contribution in [0.4, 0.5) is 8.78 Å². The number of rotatable bonds is 5. The van der Waals surface area contributed by atoms with E-state index in [4.69, 9.17) is 0 Å². The number of carbonyl (C=O) groups is 1. The summed E-state index contributed by atoms with van der Waals surface area (Å²) in [4.78, 5) is 11.6. The molecule has 94 valence electrons. The fraction of sp³-hybridized carbons (Fsp3) is 0.462. The molecular formula is C13H17F2NO. The molecule has 1 rings (SSSR count). The molecule has 0 aromatic heterocycles.